The van der Waals surface area contributed by atoms with E-state index in [1.54, 1.807) is 24.3 Å². The second kappa shape index (κ2) is 4.84. The van der Waals surface area contributed by atoms with E-state index in [9.17, 15) is 4.79 Å². The van der Waals surface area contributed by atoms with Crippen molar-refractivity contribution in [3.05, 3.63) is 40.7 Å². The first-order valence-corrected chi connectivity index (χ1v) is 5.12. The lowest BCUT2D eigenvalue weighted by atomic mass is 10.2. The summed E-state index contributed by atoms with van der Waals surface area (Å²) >= 11 is 5.79. The lowest BCUT2D eigenvalue weighted by molar-refractivity contribution is 0.0459. The minimum Gasteiger partial charge on any atom is -0.455 e. The van der Waals surface area contributed by atoms with Crippen LogP contribution in [-0.4, -0.2) is 21.2 Å². The predicted octanol–water partition coefficient (Wildman–Crippen LogP) is 1.40. The van der Waals surface area contributed by atoms with Gasteiger partial charge in [-0.05, 0) is 17.7 Å². The van der Waals surface area contributed by atoms with Crippen molar-refractivity contribution in [2.24, 2.45) is 0 Å². The number of nitrogens with two attached hydrogens (primary N) is 1. The van der Waals surface area contributed by atoms with Crippen molar-refractivity contribution in [2.45, 2.75) is 6.61 Å². The molecular formula is C10H9ClN4O2. The zero-order chi connectivity index (χ0) is 12.3. The largest absolute Gasteiger partial charge is 0.455 e. The Morgan fingerprint density at radius 3 is 3.00 bits per heavy atom. The van der Waals surface area contributed by atoms with Crippen LogP contribution in [0.15, 0.2) is 24.3 Å². The molecule has 1 aromatic carbocycles. The highest BCUT2D eigenvalue weighted by Crippen LogP contribution is 2.11. The van der Waals surface area contributed by atoms with Gasteiger partial charge in [-0.25, -0.2) is 4.79 Å². The Bertz CT molecular complexity index is 541. The summed E-state index contributed by atoms with van der Waals surface area (Å²) < 4.78 is 5.00. The van der Waals surface area contributed by atoms with E-state index < -0.39 is 5.97 Å². The van der Waals surface area contributed by atoms with Gasteiger partial charge in [0.05, 0.1) is 0 Å². The zero-order valence-corrected chi connectivity index (χ0v) is 9.44. The average molecular weight is 253 g/mol. The average Bonchev–Trinajstić information content (AvgIpc) is 2.73. The van der Waals surface area contributed by atoms with Gasteiger partial charge in [0.25, 0.3) is 0 Å². The molecule has 0 saturated carbocycles. The number of hydrogen-bond acceptors (Lipinski definition) is 5. The molecule has 0 aliphatic heterocycles. The maximum atomic E-state index is 11.5. The van der Waals surface area contributed by atoms with Crippen LogP contribution in [0.1, 0.15) is 16.2 Å². The van der Waals surface area contributed by atoms with E-state index in [2.05, 4.69) is 15.2 Å². The molecule has 0 amide bonds. The fourth-order valence-electron chi connectivity index (χ4n) is 1.21. The van der Waals surface area contributed by atoms with Crippen molar-refractivity contribution >= 4 is 23.5 Å². The minimum atomic E-state index is -0.617. The van der Waals surface area contributed by atoms with E-state index in [0.29, 0.717) is 5.02 Å². The summed E-state index contributed by atoms with van der Waals surface area (Å²) in [5.74, 6) is -0.640. The van der Waals surface area contributed by atoms with Crippen LogP contribution in [0, 0.1) is 0 Å². The maximum absolute atomic E-state index is 11.5. The first-order chi connectivity index (χ1) is 8.15. The minimum absolute atomic E-state index is 0.000273. The zero-order valence-electron chi connectivity index (χ0n) is 8.68. The van der Waals surface area contributed by atoms with E-state index in [0.717, 1.165) is 5.56 Å². The van der Waals surface area contributed by atoms with E-state index in [-0.39, 0.29) is 18.4 Å². The van der Waals surface area contributed by atoms with Gasteiger partial charge in [-0.1, -0.05) is 23.7 Å². The van der Waals surface area contributed by atoms with E-state index >= 15 is 0 Å². The molecule has 0 bridgehead atoms. The molecule has 0 aliphatic rings. The van der Waals surface area contributed by atoms with Gasteiger partial charge in [0.1, 0.15) is 6.61 Å². The Morgan fingerprint density at radius 2 is 2.35 bits per heavy atom. The highest BCUT2D eigenvalue weighted by Gasteiger charge is 2.12. The fraction of sp³-hybridized carbons (Fsp3) is 0.100. The number of rotatable bonds is 3. The van der Waals surface area contributed by atoms with Crippen molar-refractivity contribution in [3.8, 4) is 0 Å². The summed E-state index contributed by atoms with van der Waals surface area (Å²) in [6.45, 7) is 0.111. The topological polar surface area (TPSA) is 93.9 Å². The summed E-state index contributed by atoms with van der Waals surface area (Å²) in [6, 6.07) is 7.03. The van der Waals surface area contributed by atoms with Gasteiger partial charge in [-0.2, -0.15) is 4.98 Å². The van der Waals surface area contributed by atoms with Crippen molar-refractivity contribution < 1.29 is 9.53 Å². The Hall–Kier alpha value is -2.08. The summed E-state index contributed by atoms with van der Waals surface area (Å²) in [5, 5.41) is 6.48. The van der Waals surface area contributed by atoms with Crippen LogP contribution in [0.25, 0.3) is 0 Å². The lowest BCUT2D eigenvalue weighted by Crippen LogP contribution is -2.07. The molecule has 0 saturated heterocycles. The number of hydrogen-bond donors (Lipinski definition) is 2. The van der Waals surface area contributed by atoms with Crippen molar-refractivity contribution in [3.63, 3.8) is 0 Å². The molecular weight excluding hydrogens is 244 g/mol. The van der Waals surface area contributed by atoms with Gasteiger partial charge in [-0.15, -0.1) is 5.10 Å². The molecule has 7 heteroatoms. The number of nitrogens with one attached hydrogen (secondary N) is 1. The molecule has 0 aliphatic carbocycles. The number of benzene rings is 1. The smallest absolute Gasteiger partial charge is 0.376 e. The second-order valence-electron chi connectivity index (χ2n) is 3.25. The first kappa shape index (κ1) is 11.4. The van der Waals surface area contributed by atoms with Crippen LogP contribution in [0.5, 0.6) is 0 Å². The molecule has 2 rings (SSSR count). The predicted molar refractivity (Wildman–Crippen MR) is 61.4 cm³/mol. The number of halogens is 1. The number of aromatic nitrogens is 3. The summed E-state index contributed by atoms with van der Waals surface area (Å²) in [5.41, 5.74) is 6.05. The summed E-state index contributed by atoms with van der Waals surface area (Å²) in [4.78, 5) is 15.1. The van der Waals surface area contributed by atoms with E-state index in [4.69, 9.17) is 22.1 Å². The number of ether oxygens (including phenoxy) is 1. The number of aromatic amines is 1. The molecule has 0 radical (unpaired) electrons. The molecule has 6 nitrogen and oxygen atoms in total. The Morgan fingerprint density at radius 1 is 1.53 bits per heavy atom. The maximum Gasteiger partial charge on any atom is 0.376 e. The monoisotopic (exact) mass is 252 g/mol. The molecule has 0 unspecified atom stereocenters. The Kier molecular flexibility index (Phi) is 3.24. The molecule has 0 spiro atoms. The van der Waals surface area contributed by atoms with Gasteiger partial charge >= 0.3 is 5.97 Å². The molecule has 2 aromatic rings. The van der Waals surface area contributed by atoms with Crippen LogP contribution < -0.4 is 5.73 Å². The van der Waals surface area contributed by atoms with Crippen molar-refractivity contribution in [2.75, 3.05) is 5.73 Å². The van der Waals surface area contributed by atoms with E-state index in [1.807, 2.05) is 0 Å². The van der Waals surface area contributed by atoms with Crippen LogP contribution >= 0.6 is 11.6 Å². The quantitative estimate of drug-likeness (QED) is 0.805. The Balaban J connectivity index is 1.97. The number of carbonyl (C=O) groups excluding carboxylic acids is 1. The van der Waals surface area contributed by atoms with Gasteiger partial charge in [0.2, 0.25) is 11.8 Å². The highest BCUT2D eigenvalue weighted by atomic mass is 35.5. The van der Waals surface area contributed by atoms with E-state index in [1.165, 1.54) is 0 Å². The SMILES string of the molecule is Nc1n[nH]c(C(=O)OCc2cccc(Cl)c2)n1. The Labute approximate surface area is 102 Å². The number of carbonyl (C=O) groups is 1. The molecule has 88 valence electrons. The van der Waals surface area contributed by atoms with Gasteiger partial charge < -0.3 is 10.5 Å². The lowest BCUT2D eigenvalue weighted by Gasteiger charge is -2.02. The van der Waals surface area contributed by atoms with Crippen LogP contribution in [-0.2, 0) is 11.3 Å². The molecule has 1 aromatic heterocycles. The molecule has 17 heavy (non-hydrogen) atoms. The first-order valence-electron chi connectivity index (χ1n) is 4.74. The third-order valence-electron chi connectivity index (χ3n) is 1.96. The van der Waals surface area contributed by atoms with Crippen LogP contribution in [0.4, 0.5) is 5.95 Å². The number of esters is 1. The second-order valence-corrected chi connectivity index (χ2v) is 3.68. The molecule has 0 fully saturated rings. The number of nitrogen functional groups attached to an aromatic ring is 1. The number of H-pyrrole nitrogens is 1. The number of nitrogens with zero attached hydrogens (tertiary/aromatic N) is 2. The summed E-state index contributed by atoms with van der Waals surface area (Å²) in [7, 11) is 0. The standard InChI is InChI=1S/C10H9ClN4O2/c11-7-3-1-2-6(4-7)5-17-9(16)8-13-10(12)15-14-8/h1-4H,5H2,(H3,12,13,14,15). The normalized spacial score (nSPS) is 10.2. The number of anilines is 1. The van der Waals surface area contributed by atoms with Crippen molar-refractivity contribution in [1.29, 1.82) is 0 Å². The third kappa shape index (κ3) is 2.94. The van der Waals surface area contributed by atoms with Crippen LogP contribution in [0.3, 0.4) is 0 Å². The third-order valence-corrected chi connectivity index (χ3v) is 2.19. The molecule has 1 heterocycles. The fourth-order valence-corrected chi connectivity index (χ4v) is 1.42. The molecule has 3 N–H and O–H groups in total. The summed E-state index contributed by atoms with van der Waals surface area (Å²) in [6.07, 6.45) is 0. The van der Waals surface area contributed by atoms with Gasteiger partial charge in [0, 0.05) is 5.02 Å². The highest BCUT2D eigenvalue weighted by molar-refractivity contribution is 6.30. The molecule has 0 atom stereocenters. The van der Waals surface area contributed by atoms with Crippen LogP contribution in [0.2, 0.25) is 5.02 Å². The van der Waals surface area contributed by atoms with Gasteiger partial charge in [0.15, 0.2) is 0 Å². The van der Waals surface area contributed by atoms with Crippen molar-refractivity contribution in [1.82, 2.24) is 15.2 Å². The van der Waals surface area contributed by atoms with Gasteiger partial charge in [-0.3, -0.25) is 5.10 Å².